The second kappa shape index (κ2) is 7.53. The first-order valence-electron chi connectivity index (χ1n) is 9.17. The summed E-state index contributed by atoms with van der Waals surface area (Å²) in [6, 6.07) is 8.73. The number of imide groups is 1. The Hall–Kier alpha value is -3.69. The SMILES string of the molecule is CC1C(=O)N(c2ccc(OC(F)(F)F)cc2)C(=O)N1Cc1ccnc2ccc(F)cc12. The summed E-state index contributed by atoms with van der Waals surface area (Å²) < 4.78 is 54.5. The highest BCUT2D eigenvalue weighted by Gasteiger charge is 2.43. The largest absolute Gasteiger partial charge is 0.573 e. The molecular weight excluding hydrogens is 418 g/mol. The number of amides is 3. The van der Waals surface area contributed by atoms with Crippen LogP contribution in [0.15, 0.2) is 54.7 Å². The molecule has 0 radical (unpaired) electrons. The molecule has 3 aromatic rings. The van der Waals surface area contributed by atoms with E-state index < -0.39 is 35.9 Å². The minimum absolute atomic E-state index is 0.0278. The van der Waals surface area contributed by atoms with Crippen LogP contribution in [-0.4, -0.2) is 34.2 Å². The van der Waals surface area contributed by atoms with E-state index in [1.165, 1.54) is 41.4 Å². The summed E-state index contributed by atoms with van der Waals surface area (Å²) in [6.07, 6.45) is -3.32. The van der Waals surface area contributed by atoms with Gasteiger partial charge in [-0.25, -0.2) is 14.1 Å². The van der Waals surface area contributed by atoms with Crippen LogP contribution in [0.5, 0.6) is 5.75 Å². The number of urea groups is 1. The van der Waals surface area contributed by atoms with Gasteiger partial charge in [-0.2, -0.15) is 0 Å². The number of carbonyl (C=O) groups excluding carboxylic acids is 2. The van der Waals surface area contributed by atoms with Gasteiger partial charge in [0.1, 0.15) is 17.6 Å². The smallest absolute Gasteiger partial charge is 0.406 e. The summed E-state index contributed by atoms with van der Waals surface area (Å²) >= 11 is 0. The van der Waals surface area contributed by atoms with Gasteiger partial charge in [0.25, 0.3) is 5.91 Å². The molecule has 2 heterocycles. The minimum Gasteiger partial charge on any atom is -0.406 e. The zero-order valence-corrected chi connectivity index (χ0v) is 16.1. The van der Waals surface area contributed by atoms with Gasteiger partial charge in [0.2, 0.25) is 0 Å². The van der Waals surface area contributed by atoms with Crippen LogP contribution >= 0.6 is 0 Å². The Bertz CT molecular complexity index is 1160. The van der Waals surface area contributed by atoms with Crippen molar-refractivity contribution < 1.29 is 31.9 Å². The maximum absolute atomic E-state index is 13.7. The van der Waals surface area contributed by atoms with Crippen molar-refractivity contribution in [1.29, 1.82) is 0 Å². The number of pyridine rings is 1. The van der Waals surface area contributed by atoms with Crippen LogP contribution in [-0.2, 0) is 11.3 Å². The van der Waals surface area contributed by atoms with E-state index in [0.717, 1.165) is 17.0 Å². The lowest BCUT2D eigenvalue weighted by Crippen LogP contribution is -2.33. The van der Waals surface area contributed by atoms with Gasteiger partial charge in [-0.05, 0) is 61.0 Å². The van der Waals surface area contributed by atoms with E-state index in [2.05, 4.69) is 9.72 Å². The van der Waals surface area contributed by atoms with E-state index in [1.54, 1.807) is 13.0 Å². The van der Waals surface area contributed by atoms with E-state index in [4.69, 9.17) is 0 Å². The molecule has 10 heteroatoms. The first-order chi connectivity index (χ1) is 14.6. The van der Waals surface area contributed by atoms with Crippen LogP contribution in [0.2, 0.25) is 0 Å². The third kappa shape index (κ3) is 4.00. The Balaban J connectivity index is 1.60. The van der Waals surface area contributed by atoms with Gasteiger partial charge in [0.15, 0.2) is 0 Å². The quantitative estimate of drug-likeness (QED) is 0.445. The van der Waals surface area contributed by atoms with Crippen LogP contribution in [0.1, 0.15) is 12.5 Å². The highest BCUT2D eigenvalue weighted by Crippen LogP contribution is 2.30. The number of rotatable bonds is 4. The van der Waals surface area contributed by atoms with Crippen LogP contribution in [0, 0.1) is 5.82 Å². The molecule has 1 saturated heterocycles. The van der Waals surface area contributed by atoms with Crippen LogP contribution < -0.4 is 9.64 Å². The van der Waals surface area contributed by atoms with E-state index in [-0.39, 0.29) is 12.2 Å². The number of alkyl halides is 3. The zero-order chi connectivity index (χ0) is 22.3. The number of carbonyl (C=O) groups is 2. The maximum Gasteiger partial charge on any atom is 0.573 e. The van der Waals surface area contributed by atoms with Crippen molar-refractivity contribution in [2.24, 2.45) is 0 Å². The van der Waals surface area contributed by atoms with Gasteiger partial charge in [-0.15, -0.1) is 13.2 Å². The minimum atomic E-state index is -4.85. The molecule has 2 aromatic carbocycles. The van der Waals surface area contributed by atoms with E-state index in [9.17, 15) is 27.2 Å². The maximum atomic E-state index is 13.7. The highest BCUT2D eigenvalue weighted by molar-refractivity contribution is 6.21. The third-order valence-corrected chi connectivity index (χ3v) is 4.95. The van der Waals surface area contributed by atoms with Gasteiger partial charge >= 0.3 is 12.4 Å². The summed E-state index contributed by atoms with van der Waals surface area (Å²) in [5, 5.41) is 0.516. The topological polar surface area (TPSA) is 62.7 Å². The van der Waals surface area contributed by atoms with Gasteiger partial charge in [0, 0.05) is 18.1 Å². The first kappa shape index (κ1) is 20.6. The summed E-state index contributed by atoms with van der Waals surface area (Å²) in [6.45, 7) is 1.57. The number of benzene rings is 2. The number of halogens is 4. The fraction of sp³-hybridized carbons (Fsp3) is 0.190. The Morgan fingerprint density at radius 1 is 1.06 bits per heavy atom. The van der Waals surface area contributed by atoms with Gasteiger partial charge in [0.05, 0.1) is 11.2 Å². The molecule has 1 aromatic heterocycles. The predicted octanol–water partition coefficient (Wildman–Crippen LogP) is 4.63. The normalized spacial score (nSPS) is 17.0. The molecule has 1 atom stereocenters. The molecule has 0 saturated carbocycles. The van der Waals surface area contributed by atoms with Crippen molar-refractivity contribution >= 4 is 28.5 Å². The molecule has 1 fully saturated rings. The Morgan fingerprint density at radius 2 is 1.77 bits per heavy atom. The fourth-order valence-electron chi connectivity index (χ4n) is 3.44. The number of anilines is 1. The van der Waals surface area contributed by atoms with Crippen molar-refractivity contribution in [2.75, 3.05) is 4.90 Å². The molecule has 1 aliphatic heterocycles. The second-order valence-electron chi connectivity index (χ2n) is 6.93. The summed E-state index contributed by atoms with van der Waals surface area (Å²) in [4.78, 5) is 32.1. The first-order valence-corrected chi connectivity index (χ1v) is 9.17. The molecule has 0 bridgehead atoms. The number of fused-ring (bicyclic) bond motifs is 1. The van der Waals surface area contributed by atoms with Gasteiger partial charge in [-0.3, -0.25) is 9.78 Å². The predicted molar refractivity (Wildman–Crippen MR) is 103 cm³/mol. The van der Waals surface area contributed by atoms with Crippen molar-refractivity contribution in [1.82, 2.24) is 9.88 Å². The molecule has 160 valence electrons. The number of nitrogens with zero attached hydrogens (tertiary/aromatic N) is 3. The molecule has 0 N–H and O–H groups in total. The Labute approximate surface area is 173 Å². The lowest BCUT2D eigenvalue weighted by Gasteiger charge is -2.20. The molecule has 31 heavy (non-hydrogen) atoms. The van der Waals surface area contributed by atoms with Crippen LogP contribution in [0.25, 0.3) is 10.9 Å². The summed E-state index contributed by atoms with van der Waals surface area (Å²) in [5.41, 5.74) is 1.26. The lowest BCUT2D eigenvalue weighted by molar-refractivity contribution is -0.274. The molecule has 4 rings (SSSR count). The number of hydrogen-bond acceptors (Lipinski definition) is 4. The van der Waals surface area contributed by atoms with Gasteiger partial charge in [-0.1, -0.05) is 0 Å². The molecule has 1 unspecified atom stereocenters. The number of ether oxygens (including phenoxy) is 1. The molecule has 3 amide bonds. The summed E-state index contributed by atoms with van der Waals surface area (Å²) in [5.74, 6) is -1.45. The van der Waals surface area contributed by atoms with E-state index in [0.29, 0.717) is 16.5 Å². The van der Waals surface area contributed by atoms with Crippen molar-refractivity contribution in [2.45, 2.75) is 25.9 Å². The van der Waals surface area contributed by atoms with Crippen LogP contribution in [0.3, 0.4) is 0 Å². The molecule has 0 aliphatic carbocycles. The molecule has 0 spiro atoms. The van der Waals surface area contributed by atoms with Crippen molar-refractivity contribution in [3.8, 4) is 5.75 Å². The van der Waals surface area contributed by atoms with Crippen LogP contribution in [0.4, 0.5) is 28.0 Å². The molecule has 6 nitrogen and oxygen atoms in total. The van der Waals surface area contributed by atoms with Crippen molar-refractivity contribution in [3.05, 3.63) is 66.1 Å². The fourth-order valence-corrected chi connectivity index (χ4v) is 3.44. The highest BCUT2D eigenvalue weighted by atomic mass is 19.4. The summed E-state index contributed by atoms with van der Waals surface area (Å²) in [7, 11) is 0. The molecular formula is C21H15F4N3O3. The Kier molecular flexibility index (Phi) is 5.00. The third-order valence-electron chi connectivity index (χ3n) is 4.95. The number of hydrogen-bond donors (Lipinski definition) is 0. The van der Waals surface area contributed by atoms with Gasteiger partial charge < -0.3 is 9.64 Å². The molecule has 1 aliphatic rings. The zero-order valence-electron chi connectivity index (χ0n) is 16.1. The number of aromatic nitrogens is 1. The van der Waals surface area contributed by atoms with Crippen molar-refractivity contribution in [3.63, 3.8) is 0 Å². The van der Waals surface area contributed by atoms with E-state index >= 15 is 0 Å². The average Bonchev–Trinajstić information content (AvgIpc) is 2.91. The Morgan fingerprint density at radius 3 is 2.45 bits per heavy atom. The second-order valence-corrected chi connectivity index (χ2v) is 6.93. The average molecular weight is 433 g/mol. The van der Waals surface area contributed by atoms with E-state index in [1.807, 2.05) is 0 Å². The standard InChI is InChI=1S/C21H15F4N3O3/c1-12-19(29)28(15-3-5-16(6-4-15)31-21(23,24)25)20(30)27(12)11-13-8-9-26-18-7-2-14(22)10-17(13)18/h2-10,12H,11H2,1H3. The monoisotopic (exact) mass is 433 g/mol. The lowest BCUT2D eigenvalue weighted by atomic mass is 10.1.